The van der Waals surface area contributed by atoms with E-state index in [0.29, 0.717) is 11.3 Å². The lowest BCUT2D eigenvalue weighted by molar-refractivity contribution is 0.102. The first kappa shape index (κ1) is 17.2. The zero-order chi connectivity index (χ0) is 17.0. The largest absolute Gasteiger partial charge is 0.322 e. The van der Waals surface area contributed by atoms with Crippen molar-refractivity contribution in [1.29, 1.82) is 0 Å². The van der Waals surface area contributed by atoms with E-state index in [0.717, 1.165) is 24.0 Å². The molecule has 0 fully saturated rings. The van der Waals surface area contributed by atoms with Crippen molar-refractivity contribution in [3.63, 3.8) is 0 Å². The Kier molecular flexibility index (Phi) is 5.18. The van der Waals surface area contributed by atoms with Crippen molar-refractivity contribution in [2.75, 3.05) is 5.32 Å². The molecule has 3 N–H and O–H groups in total. The first-order chi connectivity index (χ1) is 10.8. The lowest BCUT2D eigenvalue weighted by atomic mass is 10.0. The molecule has 1 amide bonds. The second kappa shape index (κ2) is 6.93. The molecule has 2 aromatic rings. The lowest BCUT2D eigenvalue weighted by Crippen LogP contribution is -2.14. The zero-order valence-corrected chi connectivity index (χ0v) is 14.0. The summed E-state index contributed by atoms with van der Waals surface area (Å²) >= 11 is 0. The fourth-order valence-electron chi connectivity index (χ4n) is 2.23. The normalized spacial score (nSPS) is 11.3. The minimum absolute atomic E-state index is 0.0109. The third-order valence-electron chi connectivity index (χ3n) is 3.57. The second-order valence-electron chi connectivity index (χ2n) is 5.27. The summed E-state index contributed by atoms with van der Waals surface area (Å²) in [4.78, 5) is 12.4. The van der Waals surface area contributed by atoms with Crippen molar-refractivity contribution >= 4 is 21.6 Å². The Bertz CT molecular complexity index is 790. The number of hydrogen-bond donors (Lipinski definition) is 2. The Morgan fingerprint density at radius 1 is 1.00 bits per heavy atom. The van der Waals surface area contributed by atoms with Crippen LogP contribution < -0.4 is 10.5 Å². The van der Waals surface area contributed by atoms with Gasteiger partial charge in [-0.1, -0.05) is 19.9 Å². The van der Waals surface area contributed by atoms with E-state index in [9.17, 15) is 13.2 Å². The molecule has 0 aliphatic carbocycles. The summed E-state index contributed by atoms with van der Waals surface area (Å²) in [6.45, 7) is 4.09. The van der Waals surface area contributed by atoms with Gasteiger partial charge in [0.15, 0.2) is 0 Å². The average Bonchev–Trinajstić information content (AvgIpc) is 2.53. The number of hydrogen-bond acceptors (Lipinski definition) is 3. The molecule has 2 aromatic carbocycles. The van der Waals surface area contributed by atoms with Gasteiger partial charge in [0.2, 0.25) is 10.0 Å². The maximum Gasteiger partial charge on any atom is 0.255 e. The summed E-state index contributed by atoms with van der Waals surface area (Å²) in [6, 6.07) is 11.6. The van der Waals surface area contributed by atoms with Crippen LogP contribution in [0.1, 0.15) is 35.3 Å². The van der Waals surface area contributed by atoms with E-state index in [4.69, 9.17) is 5.14 Å². The molecule has 0 spiro atoms. The molecule has 0 saturated carbocycles. The highest BCUT2D eigenvalue weighted by molar-refractivity contribution is 7.89. The van der Waals surface area contributed by atoms with Crippen LogP contribution in [0.15, 0.2) is 47.4 Å². The number of rotatable bonds is 5. The average molecular weight is 332 g/mol. The molecule has 0 atom stereocenters. The van der Waals surface area contributed by atoms with Gasteiger partial charge in [0.05, 0.1) is 4.90 Å². The molecule has 2 rings (SSSR count). The second-order valence-corrected chi connectivity index (χ2v) is 6.83. The molecule has 5 nitrogen and oxygen atoms in total. The van der Waals surface area contributed by atoms with Crippen molar-refractivity contribution in [2.45, 2.75) is 31.6 Å². The Labute approximate surface area is 136 Å². The summed E-state index contributed by atoms with van der Waals surface area (Å²) in [5, 5.41) is 7.81. The molecule has 0 saturated heterocycles. The smallest absolute Gasteiger partial charge is 0.255 e. The first-order valence-corrected chi connectivity index (χ1v) is 8.95. The minimum Gasteiger partial charge on any atom is -0.322 e. The fraction of sp³-hybridized carbons (Fsp3) is 0.235. The third-order valence-corrected chi connectivity index (χ3v) is 4.50. The fourth-order valence-corrected chi connectivity index (χ4v) is 2.75. The first-order valence-electron chi connectivity index (χ1n) is 7.40. The number of primary sulfonamides is 1. The number of benzene rings is 2. The van der Waals surface area contributed by atoms with Crippen molar-refractivity contribution in [3.05, 3.63) is 59.2 Å². The quantitative estimate of drug-likeness (QED) is 0.882. The molecule has 0 bridgehead atoms. The van der Waals surface area contributed by atoms with E-state index in [2.05, 4.69) is 11.4 Å². The van der Waals surface area contributed by atoms with E-state index < -0.39 is 10.0 Å². The highest BCUT2D eigenvalue weighted by atomic mass is 32.2. The van der Waals surface area contributed by atoms with Crippen LogP contribution in [0, 0.1) is 0 Å². The van der Waals surface area contributed by atoms with Crippen molar-refractivity contribution < 1.29 is 13.2 Å². The van der Waals surface area contributed by atoms with E-state index in [1.807, 2.05) is 26.0 Å². The van der Waals surface area contributed by atoms with Crippen molar-refractivity contribution in [3.8, 4) is 0 Å². The van der Waals surface area contributed by atoms with Crippen LogP contribution in [0.3, 0.4) is 0 Å². The number of aryl methyl sites for hydroxylation is 2. The van der Waals surface area contributed by atoms with Gasteiger partial charge in [-0.2, -0.15) is 0 Å². The van der Waals surface area contributed by atoms with Gasteiger partial charge in [0.25, 0.3) is 5.91 Å². The zero-order valence-electron chi connectivity index (χ0n) is 13.2. The van der Waals surface area contributed by atoms with Gasteiger partial charge in [-0.15, -0.1) is 0 Å². The third kappa shape index (κ3) is 4.40. The summed E-state index contributed by atoms with van der Waals surface area (Å²) in [6.07, 6.45) is 1.72. The van der Waals surface area contributed by atoms with Crippen LogP contribution in [-0.2, 0) is 22.9 Å². The molecule has 0 unspecified atom stereocenters. The van der Waals surface area contributed by atoms with Crippen LogP contribution in [0.4, 0.5) is 5.69 Å². The summed E-state index contributed by atoms with van der Waals surface area (Å²) in [7, 11) is -3.73. The molecule has 0 aliphatic rings. The number of nitrogens with one attached hydrogen (secondary N) is 1. The predicted octanol–water partition coefficient (Wildman–Crippen LogP) is 2.71. The number of anilines is 1. The maximum atomic E-state index is 12.4. The molecule has 122 valence electrons. The van der Waals surface area contributed by atoms with Gasteiger partial charge in [0.1, 0.15) is 0 Å². The standard InChI is InChI=1S/C17H20N2O3S/c1-3-12-9-13(4-2)11-14(10-12)17(20)19-15-5-7-16(8-6-15)23(18,21)22/h5-11H,3-4H2,1-2H3,(H,19,20)(H2,18,21,22). The molecule has 0 aliphatic heterocycles. The van der Waals surface area contributed by atoms with Gasteiger partial charge in [0, 0.05) is 11.3 Å². The van der Waals surface area contributed by atoms with Crippen LogP contribution >= 0.6 is 0 Å². The van der Waals surface area contributed by atoms with Crippen LogP contribution in [-0.4, -0.2) is 14.3 Å². The van der Waals surface area contributed by atoms with E-state index >= 15 is 0 Å². The highest BCUT2D eigenvalue weighted by Crippen LogP contribution is 2.16. The van der Waals surface area contributed by atoms with Gasteiger partial charge in [-0.3, -0.25) is 4.79 Å². The maximum absolute atomic E-state index is 12.4. The number of amides is 1. The summed E-state index contributed by atoms with van der Waals surface area (Å²) in [5.74, 6) is -0.224. The van der Waals surface area contributed by atoms with E-state index in [-0.39, 0.29) is 10.8 Å². The topological polar surface area (TPSA) is 89.3 Å². The summed E-state index contributed by atoms with van der Waals surface area (Å²) < 4.78 is 22.4. The SMILES string of the molecule is CCc1cc(CC)cc(C(=O)Nc2ccc(S(N)(=O)=O)cc2)c1. The predicted molar refractivity (Wildman–Crippen MR) is 91.0 cm³/mol. The lowest BCUT2D eigenvalue weighted by Gasteiger charge is -2.09. The Morgan fingerprint density at radius 3 is 1.96 bits per heavy atom. The molecule has 0 aromatic heterocycles. The Hall–Kier alpha value is -2.18. The van der Waals surface area contributed by atoms with Crippen molar-refractivity contribution in [2.24, 2.45) is 5.14 Å². The number of carbonyl (C=O) groups excluding carboxylic acids is 1. The van der Waals surface area contributed by atoms with Crippen LogP contribution in [0.25, 0.3) is 0 Å². The molecular weight excluding hydrogens is 312 g/mol. The van der Waals surface area contributed by atoms with Crippen molar-refractivity contribution in [1.82, 2.24) is 0 Å². The molecule has 6 heteroatoms. The highest BCUT2D eigenvalue weighted by Gasteiger charge is 2.10. The van der Waals surface area contributed by atoms with Gasteiger partial charge in [-0.05, 0) is 60.4 Å². The molecule has 23 heavy (non-hydrogen) atoms. The van der Waals surface area contributed by atoms with Gasteiger partial charge in [-0.25, -0.2) is 13.6 Å². The number of carbonyl (C=O) groups is 1. The van der Waals surface area contributed by atoms with Gasteiger partial charge >= 0.3 is 0 Å². The van der Waals surface area contributed by atoms with Gasteiger partial charge < -0.3 is 5.32 Å². The Balaban J connectivity index is 2.22. The molecule has 0 radical (unpaired) electrons. The minimum atomic E-state index is -3.73. The Morgan fingerprint density at radius 2 is 1.52 bits per heavy atom. The monoisotopic (exact) mass is 332 g/mol. The number of nitrogens with two attached hydrogens (primary N) is 1. The van der Waals surface area contributed by atoms with Crippen LogP contribution in [0.5, 0.6) is 0 Å². The summed E-state index contributed by atoms with van der Waals surface area (Å²) in [5.41, 5.74) is 3.33. The van der Waals surface area contributed by atoms with E-state index in [1.54, 1.807) is 0 Å². The van der Waals surface area contributed by atoms with Crippen LogP contribution in [0.2, 0.25) is 0 Å². The molecular formula is C17H20N2O3S. The molecule has 0 heterocycles. The van der Waals surface area contributed by atoms with E-state index in [1.165, 1.54) is 24.3 Å². The number of sulfonamides is 1.